The quantitative estimate of drug-likeness (QED) is 0.316. The molecule has 312 valence electrons. The van der Waals surface area contributed by atoms with Crippen LogP contribution in [0, 0.1) is 12.7 Å². The van der Waals surface area contributed by atoms with Crippen molar-refractivity contribution in [2.75, 3.05) is 45.5 Å². The summed E-state index contributed by atoms with van der Waals surface area (Å²) in [5, 5.41) is 13.1. The molecule has 7 aliphatic rings. The van der Waals surface area contributed by atoms with Gasteiger partial charge in [0.25, 0.3) is 0 Å². The molecule has 7 aliphatic heterocycles. The molecule has 17 heteroatoms. The predicted molar refractivity (Wildman–Crippen MR) is 219 cm³/mol. The number of amides is 3. The monoisotopic (exact) mass is 843 g/mol. The maximum atomic E-state index is 14.6. The van der Waals surface area contributed by atoms with Crippen molar-refractivity contribution in [3.05, 3.63) is 81.7 Å². The zero-order chi connectivity index (χ0) is 41.0. The molecule has 0 saturated carbocycles. The number of piperidine rings is 2. The van der Waals surface area contributed by atoms with Crippen molar-refractivity contribution in [3.8, 4) is 11.3 Å². The van der Waals surface area contributed by atoms with Crippen LogP contribution in [0.3, 0.4) is 0 Å². The number of hydrogen-bond acceptors (Lipinski definition) is 11. The third-order valence-electron chi connectivity index (χ3n) is 13.1. The number of halogens is 1. The third-order valence-corrected chi connectivity index (χ3v) is 15.4. The van der Waals surface area contributed by atoms with Crippen molar-refractivity contribution in [2.45, 2.75) is 99.4 Å². The molecule has 2 aromatic carbocycles. The summed E-state index contributed by atoms with van der Waals surface area (Å²) in [4.78, 5) is 57.2. The van der Waals surface area contributed by atoms with Gasteiger partial charge in [-0.15, -0.1) is 16.4 Å². The van der Waals surface area contributed by atoms with Crippen LogP contribution in [0.25, 0.3) is 11.3 Å². The van der Waals surface area contributed by atoms with Crippen molar-refractivity contribution in [2.24, 2.45) is 0 Å². The molecule has 4 saturated heterocycles. The van der Waals surface area contributed by atoms with Gasteiger partial charge in [-0.05, 0) is 87.4 Å². The molecule has 59 heavy (non-hydrogen) atoms. The van der Waals surface area contributed by atoms with E-state index in [9.17, 15) is 27.2 Å². The van der Waals surface area contributed by atoms with E-state index in [4.69, 9.17) is 4.98 Å². The lowest BCUT2D eigenvalue weighted by molar-refractivity contribution is -0.141. The van der Waals surface area contributed by atoms with Crippen LogP contribution in [0.5, 0.6) is 0 Å². The molecule has 4 fully saturated rings. The number of carbonyl (C=O) groups excluding carboxylic acids is 3. The second-order valence-electron chi connectivity index (χ2n) is 16.9. The van der Waals surface area contributed by atoms with Crippen LogP contribution >= 0.6 is 11.3 Å². The zero-order valence-electron chi connectivity index (χ0n) is 33.4. The van der Waals surface area contributed by atoms with Gasteiger partial charge in [0.2, 0.25) is 17.7 Å². The van der Waals surface area contributed by atoms with Gasteiger partial charge in [-0.2, -0.15) is 0 Å². The highest BCUT2D eigenvalue weighted by molar-refractivity contribution is 7.90. The molecule has 2 aromatic heterocycles. The number of rotatable bonds is 5. The minimum Gasteiger partial charge on any atom is -0.352 e. The number of aromatic nitrogens is 4. The Labute approximate surface area is 347 Å². The molecule has 9 heterocycles. The molecule has 8 bridgehead atoms. The maximum absolute atomic E-state index is 14.6. The van der Waals surface area contributed by atoms with Crippen LogP contribution in [0.1, 0.15) is 71.6 Å². The minimum atomic E-state index is -3.35. The van der Waals surface area contributed by atoms with Crippen LogP contribution in [0.4, 0.5) is 4.39 Å². The zero-order valence-corrected chi connectivity index (χ0v) is 35.0. The first-order valence-electron chi connectivity index (χ1n) is 20.7. The average molecular weight is 844 g/mol. The Bertz CT molecular complexity index is 2320. The second kappa shape index (κ2) is 16.1. The lowest BCUT2D eigenvalue weighted by Crippen LogP contribution is -2.55. The van der Waals surface area contributed by atoms with Crippen molar-refractivity contribution < 1.29 is 27.2 Å². The molecule has 4 atom stereocenters. The summed E-state index contributed by atoms with van der Waals surface area (Å²) in [6, 6.07) is 11.9. The van der Waals surface area contributed by atoms with Gasteiger partial charge in [-0.25, -0.2) is 22.5 Å². The van der Waals surface area contributed by atoms with Gasteiger partial charge in [0.05, 0.1) is 46.3 Å². The summed E-state index contributed by atoms with van der Waals surface area (Å²) in [7, 11) is -3.35. The number of hydrogen-bond donors (Lipinski definition) is 1. The summed E-state index contributed by atoms with van der Waals surface area (Å²) < 4.78 is 39.8. The Hall–Kier alpha value is -4.58. The fourth-order valence-electron chi connectivity index (χ4n) is 9.81. The van der Waals surface area contributed by atoms with E-state index in [0.29, 0.717) is 77.2 Å². The van der Waals surface area contributed by atoms with E-state index >= 15 is 0 Å². The number of nitrogens with zero attached hydrogens (tertiary/aromatic N) is 8. The number of carbonyl (C=O) groups is 3. The highest BCUT2D eigenvalue weighted by Gasteiger charge is 2.46. The van der Waals surface area contributed by atoms with Gasteiger partial charge in [-0.3, -0.25) is 24.2 Å². The van der Waals surface area contributed by atoms with Gasteiger partial charge in [-0.1, -0.05) is 17.3 Å². The van der Waals surface area contributed by atoms with E-state index in [1.807, 2.05) is 27.6 Å². The van der Waals surface area contributed by atoms with Crippen LogP contribution < -0.4 is 5.32 Å². The predicted octanol–water partition coefficient (Wildman–Crippen LogP) is 3.58. The first kappa shape index (κ1) is 39.9. The highest BCUT2D eigenvalue weighted by atomic mass is 32.2. The standard InChI is InChI=1S/C42H50FN9O5S2/c1-26-35-21-39(53)44-31-19-37(50(23-31)22-27-3-9-34(10-4-27)59(2,56)57)41(54)49-17-13-32(14-18-49)51-24-33(52-25-36(46-47-52)28-5-7-30(43)8-6-28)20-38(51)42(55)48-15-11-29(12-16-48)40(45-35)58-26/h3-10,25,29,31-33,37-38H,11-24H2,1-2H3,(H,44,53)/t31-,33+,37+,38+/m1/s1. The van der Waals surface area contributed by atoms with E-state index in [0.717, 1.165) is 39.5 Å². The Morgan fingerprint density at radius 2 is 1.53 bits per heavy atom. The van der Waals surface area contributed by atoms with E-state index in [1.54, 1.807) is 47.7 Å². The topological polar surface area (TPSA) is 154 Å². The fourth-order valence-corrected chi connectivity index (χ4v) is 11.5. The van der Waals surface area contributed by atoms with E-state index < -0.39 is 15.9 Å². The summed E-state index contributed by atoms with van der Waals surface area (Å²) >= 11 is 1.64. The largest absolute Gasteiger partial charge is 0.352 e. The van der Waals surface area contributed by atoms with E-state index in [2.05, 4.69) is 25.4 Å². The number of sulfone groups is 1. The first-order chi connectivity index (χ1) is 28.4. The summed E-state index contributed by atoms with van der Waals surface area (Å²) in [6.07, 6.45) is 7.33. The molecule has 0 spiro atoms. The minimum absolute atomic E-state index is 0.0183. The second-order valence-corrected chi connectivity index (χ2v) is 20.2. The molecule has 3 amide bonds. The Kier molecular flexibility index (Phi) is 10.9. The van der Waals surface area contributed by atoms with Crippen LogP contribution in [0.15, 0.2) is 59.6 Å². The fraction of sp³-hybridized carbons (Fsp3) is 0.524. The Balaban J connectivity index is 0.984. The Morgan fingerprint density at radius 1 is 0.847 bits per heavy atom. The smallest absolute Gasteiger partial charge is 0.240 e. The van der Waals surface area contributed by atoms with Gasteiger partial charge in [0.1, 0.15) is 11.5 Å². The molecule has 0 aliphatic carbocycles. The van der Waals surface area contributed by atoms with Gasteiger partial charge in [0.15, 0.2) is 9.84 Å². The third kappa shape index (κ3) is 8.30. The molecule has 0 radical (unpaired) electrons. The van der Waals surface area contributed by atoms with Crippen molar-refractivity contribution >= 4 is 38.9 Å². The first-order valence-corrected chi connectivity index (χ1v) is 23.4. The highest BCUT2D eigenvalue weighted by Crippen LogP contribution is 2.37. The summed E-state index contributed by atoms with van der Waals surface area (Å²) in [5.74, 6) is -0.0800. The number of aryl methyl sites for hydroxylation is 1. The molecule has 4 aromatic rings. The molecular formula is C42H50FN9O5S2. The maximum Gasteiger partial charge on any atom is 0.240 e. The molecule has 11 rings (SSSR count). The van der Waals surface area contributed by atoms with Crippen LogP contribution in [0.2, 0.25) is 0 Å². The lowest BCUT2D eigenvalue weighted by atomic mass is 9.96. The Morgan fingerprint density at radius 3 is 2.22 bits per heavy atom. The molecule has 14 nitrogen and oxygen atoms in total. The van der Waals surface area contributed by atoms with Crippen molar-refractivity contribution in [1.29, 1.82) is 0 Å². The normalized spacial score (nSPS) is 27.3. The number of likely N-dealkylation sites (tertiary alicyclic amines) is 1. The average Bonchev–Trinajstić information content (AvgIpc) is 4.04. The SMILES string of the molecule is Cc1sc2nc1CC(=O)N[C@@H]1C[C@@H](C(=O)N3CCC(CC3)N3C[C@@H](n4cc(-c5ccc(F)cc5)nn4)C[C@H]3C(=O)N3CCC2CC3)N(Cc2ccc(S(C)(=O)=O)cc2)C1. The van der Waals surface area contributed by atoms with Gasteiger partial charge >= 0.3 is 0 Å². The lowest BCUT2D eigenvalue weighted by Gasteiger charge is -2.41. The van der Waals surface area contributed by atoms with Gasteiger partial charge < -0.3 is 15.1 Å². The number of thiazole rings is 1. The summed E-state index contributed by atoms with van der Waals surface area (Å²) in [6.45, 7) is 5.91. The van der Waals surface area contributed by atoms with Crippen molar-refractivity contribution in [1.82, 2.24) is 44.9 Å². The van der Waals surface area contributed by atoms with E-state index in [-0.39, 0.29) is 64.9 Å². The number of nitrogens with one attached hydrogen (secondary N) is 1. The van der Waals surface area contributed by atoms with Crippen LogP contribution in [-0.2, 0) is 37.2 Å². The van der Waals surface area contributed by atoms with E-state index in [1.165, 1.54) is 18.4 Å². The van der Waals surface area contributed by atoms with Crippen LogP contribution in [-0.4, -0.2) is 135 Å². The number of fused-ring (bicyclic) bond motifs is 2. The molecule has 0 unspecified atom stereocenters. The summed E-state index contributed by atoms with van der Waals surface area (Å²) in [5.41, 5.74) is 3.07. The van der Waals surface area contributed by atoms with Gasteiger partial charge in [0, 0.05) is 80.5 Å². The molecular weight excluding hydrogens is 794 g/mol. The van der Waals surface area contributed by atoms with Crippen molar-refractivity contribution in [3.63, 3.8) is 0 Å². The molecule has 1 N–H and O–H groups in total. The number of benzene rings is 2.